The number of aromatic nitrogens is 3. The second-order valence-electron chi connectivity index (χ2n) is 5.62. The number of carbonyl (C=O) groups excluding carboxylic acids is 1. The third kappa shape index (κ3) is 2.70. The number of hydrogen-bond donors (Lipinski definition) is 0. The number of benzene rings is 1. The average molecular weight is 324 g/mol. The van der Waals surface area contributed by atoms with Crippen LogP contribution in [-0.2, 0) is 0 Å². The minimum Gasteiger partial charge on any atom is -0.328 e. The van der Waals surface area contributed by atoms with Crippen molar-refractivity contribution in [3.63, 3.8) is 0 Å². The highest BCUT2D eigenvalue weighted by Crippen LogP contribution is 2.36. The molecule has 6 heteroatoms. The van der Waals surface area contributed by atoms with Gasteiger partial charge in [0, 0.05) is 18.9 Å². The van der Waals surface area contributed by atoms with Gasteiger partial charge in [0.05, 0.1) is 22.5 Å². The summed E-state index contributed by atoms with van der Waals surface area (Å²) in [7, 11) is 0. The zero-order valence-electron chi connectivity index (χ0n) is 12.6. The number of amides is 1. The van der Waals surface area contributed by atoms with Gasteiger partial charge in [0.2, 0.25) is 0 Å². The van der Waals surface area contributed by atoms with Crippen LogP contribution in [0.15, 0.2) is 42.9 Å². The van der Waals surface area contributed by atoms with E-state index in [1.165, 1.54) is 10.9 Å². The van der Waals surface area contributed by atoms with E-state index in [0.717, 1.165) is 36.3 Å². The molecule has 1 amide bonds. The monoisotopic (exact) mass is 324 g/mol. The molecule has 23 heavy (non-hydrogen) atoms. The van der Waals surface area contributed by atoms with Crippen molar-refractivity contribution in [3.8, 4) is 0 Å². The highest BCUT2D eigenvalue weighted by Gasteiger charge is 2.31. The van der Waals surface area contributed by atoms with Crippen molar-refractivity contribution < 1.29 is 4.79 Å². The van der Waals surface area contributed by atoms with Crippen molar-refractivity contribution in [1.82, 2.24) is 19.9 Å². The lowest BCUT2D eigenvalue weighted by Gasteiger charge is -2.34. The average Bonchev–Trinajstić information content (AvgIpc) is 3.06. The number of thiazole rings is 1. The molecule has 1 aliphatic rings. The van der Waals surface area contributed by atoms with E-state index in [9.17, 15) is 4.79 Å². The van der Waals surface area contributed by atoms with Crippen LogP contribution in [0.3, 0.4) is 0 Å². The number of carbonyl (C=O) groups is 1. The summed E-state index contributed by atoms with van der Waals surface area (Å²) in [5.41, 5.74) is 1.41. The van der Waals surface area contributed by atoms with Gasteiger partial charge in [-0.3, -0.25) is 9.78 Å². The topological polar surface area (TPSA) is 59.0 Å². The lowest BCUT2D eigenvalue weighted by atomic mass is 10.0. The predicted molar refractivity (Wildman–Crippen MR) is 89.3 cm³/mol. The van der Waals surface area contributed by atoms with Crippen LogP contribution in [0.25, 0.3) is 10.2 Å². The summed E-state index contributed by atoms with van der Waals surface area (Å²) in [4.78, 5) is 27.6. The normalized spacial score (nSPS) is 18.3. The number of piperidine rings is 1. The lowest BCUT2D eigenvalue weighted by molar-refractivity contribution is 0.0605. The van der Waals surface area contributed by atoms with Gasteiger partial charge in [-0.05, 0) is 31.4 Å². The molecule has 1 atom stereocenters. The highest BCUT2D eigenvalue weighted by atomic mass is 32.1. The van der Waals surface area contributed by atoms with E-state index < -0.39 is 0 Å². The van der Waals surface area contributed by atoms with Gasteiger partial charge in [0.15, 0.2) is 0 Å². The molecule has 0 radical (unpaired) electrons. The summed E-state index contributed by atoms with van der Waals surface area (Å²) in [5, 5.41) is 1.02. The summed E-state index contributed by atoms with van der Waals surface area (Å²) in [6.45, 7) is 0.746. The Hall–Kier alpha value is -2.34. The summed E-state index contributed by atoms with van der Waals surface area (Å²) in [6, 6.07) is 8.15. The van der Waals surface area contributed by atoms with Crippen molar-refractivity contribution in [2.24, 2.45) is 0 Å². The maximum absolute atomic E-state index is 12.8. The van der Waals surface area contributed by atoms with Crippen molar-refractivity contribution in [2.45, 2.75) is 25.3 Å². The Labute approximate surface area is 138 Å². The van der Waals surface area contributed by atoms with Crippen molar-refractivity contribution in [2.75, 3.05) is 6.54 Å². The lowest BCUT2D eigenvalue weighted by Crippen LogP contribution is -2.38. The van der Waals surface area contributed by atoms with Crippen LogP contribution in [0.5, 0.6) is 0 Å². The van der Waals surface area contributed by atoms with Crippen LogP contribution in [0.2, 0.25) is 0 Å². The van der Waals surface area contributed by atoms with Gasteiger partial charge in [0.1, 0.15) is 10.7 Å². The minimum atomic E-state index is -0.0537. The quantitative estimate of drug-likeness (QED) is 0.724. The van der Waals surface area contributed by atoms with Gasteiger partial charge in [-0.1, -0.05) is 12.1 Å². The van der Waals surface area contributed by atoms with Gasteiger partial charge in [-0.2, -0.15) is 0 Å². The van der Waals surface area contributed by atoms with Crippen molar-refractivity contribution in [1.29, 1.82) is 0 Å². The van der Waals surface area contributed by atoms with Gasteiger partial charge in [-0.15, -0.1) is 11.3 Å². The number of hydrogen-bond acceptors (Lipinski definition) is 5. The standard InChI is InChI=1S/C17H16N4OS/c22-17(13-11-18-8-9-19-13)21-10-4-3-6-14(21)16-20-12-5-1-2-7-15(12)23-16/h1-2,5,7-9,11,14H,3-4,6,10H2. The number of likely N-dealkylation sites (tertiary alicyclic amines) is 1. The zero-order chi connectivity index (χ0) is 15.6. The first-order valence-electron chi connectivity index (χ1n) is 7.75. The van der Waals surface area contributed by atoms with E-state index in [0.29, 0.717) is 5.69 Å². The van der Waals surface area contributed by atoms with Crippen molar-refractivity contribution in [3.05, 3.63) is 53.6 Å². The second kappa shape index (κ2) is 6.04. The molecule has 0 N–H and O–H groups in total. The number of para-hydroxylation sites is 1. The van der Waals surface area contributed by atoms with Crippen molar-refractivity contribution >= 4 is 27.5 Å². The van der Waals surface area contributed by atoms with Crippen LogP contribution in [0.4, 0.5) is 0 Å². The Morgan fingerprint density at radius 2 is 2.13 bits per heavy atom. The molecule has 0 spiro atoms. The van der Waals surface area contributed by atoms with E-state index in [1.54, 1.807) is 23.7 Å². The molecule has 116 valence electrons. The van der Waals surface area contributed by atoms with Crippen LogP contribution in [0.1, 0.15) is 40.8 Å². The summed E-state index contributed by atoms with van der Waals surface area (Å²) in [6.07, 6.45) is 7.76. The molecule has 1 aromatic carbocycles. The van der Waals surface area contributed by atoms with Crippen LogP contribution < -0.4 is 0 Å². The number of fused-ring (bicyclic) bond motifs is 1. The molecular formula is C17H16N4OS. The second-order valence-corrected chi connectivity index (χ2v) is 6.68. The summed E-state index contributed by atoms with van der Waals surface area (Å²) >= 11 is 1.68. The molecule has 1 unspecified atom stereocenters. The first-order chi connectivity index (χ1) is 11.3. The van der Waals surface area contributed by atoms with Gasteiger partial charge in [0.25, 0.3) is 5.91 Å². The van der Waals surface area contributed by atoms with E-state index in [2.05, 4.69) is 16.0 Å². The maximum Gasteiger partial charge on any atom is 0.274 e. The Morgan fingerprint density at radius 3 is 2.96 bits per heavy atom. The predicted octanol–water partition coefficient (Wildman–Crippen LogP) is 3.45. The number of rotatable bonds is 2. The Balaban J connectivity index is 1.69. The van der Waals surface area contributed by atoms with Gasteiger partial charge in [-0.25, -0.2) is 9.97 Å². The Kier molecular flexibility index (Phi) is 3.75. The number of nitrogens with zero attached hydrogens (tertiary/aromatic N) is 4. The Bertz CT molecular complexity index is 800. The molecule has 4 rings (SSSR count). The fraction of sp³-hybridized carbons (Fsp3) is 0.294. The largest absolute Gasteiger partial charge is 0.328 e. The molecule has 0 bridgehead atoms. The fourth-order valence-corrected chi connectivity index (χ4v) is 4.14. The van der Waals surface area contributed by atoms with Gasteiger partial charge >= 0.3 is 0 Å². The zero-order valence-corrected chi connectivity index (χ0v) is 13.4. The molecule has 1 aliphatic heterocycles. The third-order valence-corrected chi connectivity index (χ3v) is 5.28. The van der Waals surface area contributed by atoms with E-state index in [1.807, 2.05) is 23.1 Å². The molecule has 0 saturated carbocycles. The molecule has 1 fully saturated rings. The SMILES string of the molecule is O=C(c1cnccn1)N1CCCCC1c1nc2ccccc2s1. The summed E-state index contributed by atoms with van der Waals surface area (Å²) < 4.78 is 1.17. The van der Waals surface area contributed by atoms with E-state index in [4.69, 9.17) is 4.98 Å². The minimum absolute atomic E-state index is 0.0376. The van der Waals surface area contributed by atoms with E-state index >= 15 is 0 Å². The van der Waals surface area contributed by atoms with Crippen LogP contribution >= 0.6 is 11.3 Å². The fourth-order valence-electron chi connectivity index (χ4n) is 3.02. The molecular weight excluding hydrogens is 308 g/mol. The molecule has 3 aromatic rings. The highest BCUT2D eigenvalue weighted by molar-refractivity contribution is 7.18. The van der Waals surface area contributed by atoms with E-state index in [-0.39, 0.29) is 11.9 Å². The first-order valence-corrected chi connectivity index (χ1v) is 8.57. The van der Waals surface area contributed by atoms with Crippen LogP contribution in [0, 0.1) is 0 Å². The summed E-state index contributed by atoms with van der Waals surface area (Å²) in [5.74, 6) is -0.0537. The molecule has 1 saturated heterocycles. The first kappa shape index (κ1) is 14.3. The van der Waals surface area contributed by atoms with Gasteiger partial charge < -0.3 is 4.90 Å². The molecule has 2 aromatic heterocycles. The Morgan fingerprint density at radius 1 is 1.22 bits per heavy atom. The maximum atomic E-state index is 12.8. The third-order valence-electron chi connectivity index (χ3n) is 4.14. The molecule has 5 nitrogen and oxygen atoms in total. The molecule has 0 aliphatic carbocycles. The molecule has 3 heterocycles. The van der Waals surface area contributed by atoms with Crippen LogP contribution in [-0.4, -0.2) is 32.3 Å². The smallest absolute Gasteiger partial charge is 0.274 e.